The van der Waals surface area contributed by atoms with Crippen LogP contribution in [0, 0.1) is 0 Å². The molecule has 0 fully saturated rings. The second-order valence-electron chi connectivity index (χ2n) is 5.71. The Hall–Kier alpha value is -2.12. The van der Waals surface area contributed by atoms with Crippen LogP contribution in [-0.4, -0.2) is 48.1 Å². The van der Waals surface area contributed by atoms with Crippen molar-refractivity contribution in [3.8, 4) is 0 Å². The summed E-state index contributed by atoms with van der Waals surface area (Å²) in [4.78, 5) is 38.5. The normalized spacial score (nSPS) is 14.3. The lowest BCUT2D eigenvalue weighted by Gasteiger charge is -2.15. The summed E-state index contributed by atoms with van der Waals surface area (Å²) in [6.45, 7) is 6.77. The molecule has 6 nitrogen and oxygen atoms in total. The Morgan fingerprint density at radius 2 is 1.85 bits per heavy atom. The lowest BCUT2D eigenvalue weighted by molar-refractivity contribution is -0.136. The monoisotopic (exact) mass is 376 g/mol. The van der Waals surface area contributed by atoms with Gasteiger partial charge < -0.3 is 10.1 Å². The number of anilines is 1. The van der Waals surface area contributed by atoms with E-state index in [1.54, 1.807) is 24.3 Å². The molecule has 1 heterocycles. The third-order valence-electron chi connectivity index (χ3n) is 3.78. The molecule has 26 heavy (non-hydrogen) atoms. The molecule has 0 unspecified atom stereocenters. The first-order chi connectivity index (χ1) is 12.5. The van der Waals surface area contributed by atoms with Crippen molar-refractivity contribution in [2.24, 2.45) is 0 Å². The van der Waals surface area contributed by atoms with Crippen LogP contribution in [-0.2, 0) is 19.1 Å². The van der Waals surface area contributed by atoms with Crippen molar-refractivity contribution in [2.75, 3.05) is 30.8 Å². The minimum atomic E-state index is -0.269. The third kappa shape index (κ3) is 4.74. The fourth-order valence-electron chi connectivity index (χ4n) is 2.68. The number of thioether (sulfide) groups is 1. The Morgan fingerprint density at radius 1 is 1.15 bits per heavy atom. The summed E-state index contributed by atoms with van der Waals surface area (Å²) in [6, 6.07) is 6.97. The first kappa shape index (κ1) is 20.2. The van der Waals surface area contributed by atoms with Gasteiger partial charge in [0.2, 0.25) is 5.91 Å². The zero-order valence-electron chi connectivity index (χ0n) is 15.3. The quantitative estimate of drug-likeness (QED) is 0.530. The van der Waals surface area contributed by atoms with Gasteiger partial charge in [0.25, 0.3) is 11.8 Å². The van der Waals surface area contributed by atoms with Crippen LogP contribution in [0.4, 0.5) is 5.69 Å². The number of imide groups is 1. The highest BCUT2D eigenvalue weighted by Crippen LogP contribution is 2.36. The molecule has 1 aliphatic rings. The van der Waals surface area contributed by atoms with Gasteiger partial charge in [-0.3, -0.25) is 19.3 Å². The molecule has 1 aliphatic heterocycles. The Balaban J connectivity index is 2.23. The largest absolute Gasteiger partial charge is 0.382 e. The van der Waals surface area contributed by atoms with Crippen molar-refractivity contribution in [1.82, 2.24) is 4.90 Å². The van der Waals surface area contributed by atoms with Gasteiger partial charge in [0.05, 0.1) is 10.5 Å². The summed E-state index contributed by atoms with van der Waals surface area (Å²) in [5, 5.41) is 2.69. The maximum atomic E-state index is 12.9. The van der Waals surface area contributed by atoms with E-state index < -0.39 is 0 Å². The number of carbonyl (C=O) groups excluding carboxylic acids is 3. The molecule has 0 spiro atoms. The fourth-order valence-corrected chi connectivity index (χ4v) is 3.55. The van der Waals surface area contributed by atoms with Gasteiger partial charge in [0.15, 0.2) is 0 Å². The van der Waals surface area contributed by atoms with Gasteiger partial charge >= 0.3 is 0 Å². The van der Waals surface area contributed by atoms with Gasteiger partial charge in [-0.15, -0.1) is 11.8 Å². The molecule has 0 atom stereocenters. The summed E-state index contributed by atoms with van der Waals surface area (Å²) in [5.74, 6) is 0.0371. The molecule has 140 valence electrons. The number of hydrogen-bond acceptors (Lipinski definition) is 5. The molecule has 0 saturated carbocycles. The van der Waals surface area contributed by atoms with Crippen molar-refractivity contribution < 1.29 is 19.1 Å². The minimum absolute atomic E-state index is 0.160. The average Bonchev–Trinajstić information content (AvgIpc) is 2.83. The topological polar surface area (TPSA) is 75.7 Å². The molecule has 1 aromatic carbocycles. The maximum absolute atomic E-state index is 12.9. The van der Waals surface area contributed by atoms with Crippen LogP contribution >= 0.6 is 11.8 Å². The molecule has 0 aliphatic carbocycles. The number of benzene rings is 1. The van der Waals surface area contributed by atoms with Gasteiger partial charge in [-0.25, -0.2) is 0 Å². The predicted octanol–water partition coefficient (Wildman–Crippen LogP) is 2.90. The highest BCUT2D eigenvalue weighted by molar-refractivity contribution is 8.04. The molecule has 0 aromatic heterocycles. The molecule has 1 N–H and O–H groups in total. The highest BCUT2D eigenvalue weighted by Gasteiger charge is 2.38. The van der Waals surface area contributed by atoms with Crippen LogP contribution in [0.1, 0.15) is 32.8 Å². The van der Waals surface area contributed by atoms with Crippen LogP contribution in [0.15, 0.2) is 29.2 Å². The maximum Gasteiger partial charge on any atom is 0.267 e. The van der Waals surface area contributed by atoms with Crippen molar-refractivity contribution in [2.45, 2.75) is 27.2 Å². The molecule has 0 bridgehead atoms. The number of carbonyl (C=O) groups is 3. The van der Waals surface area contributed by atoms with Crippen molar-refractivity contribution in [1.29, 1.82) is 0 Å². The van der Waals surface area contributed by atoms with Crippen LogP contribution in [0.3, 0.4) is 0 Å². The van der Waals surface area contributed by atoms with Crippen molar-refractivity contribution in [3.05, 3.63) is 34.7 Å². The van der Waals surface area contributed by atoms with E-state index in [2.05, 4.69) is 5.32 Å². The average molecular weight is 376 g/mol. The highest BCUT2D eigenvalue weighted by atomic mass is 32.2. The van der Waals surface area contributed by atoms with Crippen LogP contribution in [0.2, 0.25) is 0 Å². The Bertz CT molecular complexity index is 713. The van der Waals surface area contributed by atoms with E-state index in [4.69, 9.17) is 4.74 Å². The van der Waals surface area contributed by atoms with Gasteiger partial charge in [0, 0.05) is 32.4 Å². The van der Waals surface area contributed by atoms with E-state index in [-0.39, 0.29) is 17.7 Å². The first-order valence-electron chi connectivity index (χ1n) is 8.68. The summed E-state index contributed by atoms with van der Waals surface area (Å²) in [7, 11) is 0. The van der Waals surface area contributed by atoms with Gasteiger partial charge in [0.1, 0.15) is 0 Å². The molecule has 1 aromatic rings. The zero-order chi connectivity index (χ0) is 19.1. The van der Waals surface area contributed by atoms with Crippen LogP contribution < -0.4 is 5.32 Å². The standard InChI is InChI=1S/C19H24N2O4S/c1-4-25-12-6-11-21-18(23)16(17(19(21)24)26-5-2)14-7-9-15(10-8-14)20-13(3)22/h7-10H,4-6,11-12H2,1-3H3,(H,20,22). The number of nitrogens with zero attached hydrogens (tertiary/aromatic N) is 1. The van der Waals surface area contributed by atoms with Crippen LogP contribution in [0.25, 0.3) is 5.57 Å². The zero-order valence-corrected chi connectivity index (χ0v) is 16.1. The van der Waals surface area contributed by atoms with Crippen molar-refractivity contribution in [3.63, 3.8) is 0 Å². The fraction of sp³-hybridized carbons (Fsp3) is 0.421. The summed E-state index contributed by atoms with van der Waals surface area (Å²) in [6.07, 6.45) is 0.615. The van der Waals surface area contributed by atoms with E-state index >= 15 is 0 Å². The number of nitrogens with one attached hydrogen (secondary N) is 1. The molecule has 0 saturated heterocycles. The molecule has 0 radical (unpaired) electrons. The smallest absolute Gasteiger partial charge is 0.267 e. The van der Waals surface area contributed by atoms with Crippen LogP contribution in [0.5, 0.6) is 0 Å². The molecule has 3 amide bonds. The summed E-state index contributed by atoms with van der Waals surface area (Å²) >= 11 is 1.38. The first-order valence-corrected chi connectivity index (χ1v) is 9.67. The molecular formula is C19H24N2O4S. The van der Waals surface area contributed by atoms with Gasteiger partial charge in [-0.05, 0) is 36.8 Å². The second kappa shape index (κ2) is 9.54. The Morgan fingerprint density at radius 3 is 2.42 bits per heavy atom. The molecule has 2 rings (SSSR count). The van der Waals surface area contributed by atoms with E-state index in [1.807, 2.05) is 13.8 Å². The Kier molecular flexibility index (Phi) is 7.41. The summed E-state index contributed by atoms with van der Waals surface area (Å²) < 4.78 is 5.29. The van der Waals surface area contributed by atoms with Gasteiger partial charge in [-0.2, -0.15) is 0 Å². The Labute approximate surface area is 158 Å². The molecule has 7 heteroatoms. The summed E-state index contributed by atoms with van der Waals surface area (Å²) in [5.41, 5.74) is 1.77. The molecular weight excluding hydrogens is 352 g/mol. The van der Waals surface area contributed by atoms with E-state index in [0.29, 0.717) is 53.7 Å². The lowest BCUT2D eigenvalue weighted by atomic mass is 10.1. The minimum Gasteiger partial charge on any atom is -0.382 e. The predicted molar refractivity (Wildman–Crippen MR) is 104 cm³/mol. The van der Waals surface area contributed by atoms with E-state index in [1.165, 1.54) is 23.6 Å². The number of rotatable bonds is 9. The number of ether oxygens (including phenoxy) is 1. The van der Waals surface area contributed by atoms with Gasteiger partial charge in [-0.1, -0.05) is 19.1 Å². The third-order valence-corrected chi connectivity index (χ3v) is 4.74. The van der Waals surface area contributed by atoms with Crippen molar-refractivity contribution >= 4 is 40.7 Å². The number of hydrogen-bond donors (Lipinski definition) is 1. The van der Waals surface area contributed by atoms with E-state index in [9.17, 15) is 14.4 Å². The second-order valence-corrected chi connectivity index (χ2v) is 6.98. The SMILES string of the molecule is CCOCCCN1C(=O)C(SCC)=C(c2ccc(NC(C)=O)cc2)C1=O. The lowest BCUT2D eigenvalue weighted by Crippen LogP contribution is -2.33. The van der Waals surface area contributed by atoms with E-state index in [0.717, 1.165) is 0 Å². The number of amides is 3.